The van der Waals surface area contributed by atoms with Gasteiger partial charge in [0.25, 0.3) is 0 Å². The molecule has 0 bridgehead atoms. The van der Waals surface area contributed by atoms with Crippen LogP contribution in [0.5, 0.6) is 0 Å². The maximum atomic E-state index is 10.6. The van der Waals surface area contributed by atoms with Crippen molar-refractivity contribution in [2.24, 2.45) is 11.8 Å². The van der Waals surface area contributed by atoms with Crippen molar-refractivity contribution in [3.63, 3.8) is 0 Å². The molecule has 2 unspecified atom stereocenters. The molecule has 2 nitrogen and oxygen atoms in total. The summed E-state index contributed by atoms with van der Waals surface area (Å²) in [6.45, 7) is 0. The highest BCUT2D eigenvalue weighted by molar-refractivity contribution is 5.73. The Bertz CT molecular complexity index is 192. The van der Waals surface area contributed by atoms with Gasteiger partial charge in [0.1, 0.15) is 0 Å². The number of carboxylic acids is 1. The predicted octanol–water partition coefficient (Wildman–Crippen LogP) is 2.44. The van der Waals surface area contributed by atoms with E-state index < -0.39 is 12.1 Å². The van der Waals surface area contributed by atoms with Gasteiger partial charge in [-0.15, -0.1) is 0 Å². The van der Waals surface area contributed by atoms with E-state index in [0.717, 1.165) is 0 Å². The molecule has 0 aromatic heterocycles. The Hall–Kier alpha value is -0.740. The Labute approximate surface area is 73.7 Å². The number of carbonyl (C=O) groups is 1. The van der Waals surface area contributed by atoms with E-state index in [2.05, 4.69) is 0 Å². The maximum absolute atomic E-state index is 10.6. The number of aliphatic carboxylic acids is 1. The third-order valence-electron chi connectivity index (χ3n) is 2.46. The van der Waals surface area contributed by atoms with Crippen LogP contribution in [-0.2, 0) is 4.79 Å². The first-order chi connectivity index (χ1) is 5.91. The predicted molar refractivity (Wildman–Crippen MR) is 39.1 cm³/mol. The number of carboxylic acid groups (broad SMARTS) is 1. The summed E-state index contributed by atoms with van der Waals surface area (Å²) in [5, 5.41) is 7.12. The lowest BCUT2D eigenvalue weighted by Crippen LogP contribution is -2.21. The number of hydrogen-bond donors (Lipinski definition) is 1. The molecule has 0 saturated heterocycles. The van der Waals surface area contributed by atoms with Crippen molar-refractivity contribution in [3.05, 3.63) is 0 Å². The number of fused-ring (bicyclic) bond motifs is 1. The smallest absolute Gasteiger partial charge is 0.475 e. The molecule has 0 radical (unpaired) electrons. The van der Waals surface area contributed by atoms with Gasteiger partial charge in [-0.3, -0.25) is 0 Å². The van der Waals surface area contributed by atoms with Crippen molar-refractivity contribution in [1.29, 1.82) is 0 Å². The minimum atomic E-state index is -5.08. The van der Waals surface area contributed by atoms with Crippen LogP contribution >= 0.6 is 0 Å². The van der Waals surface area contributed by atoms with E-state index in [0.29, 0.717) is 0 Å². The number of alkyl halides is 3. The van der Waals surface area contributed by atoms with Crippen molar-refractivity contribution in [3.8, 4) is 0 Å². The average molecular weight is 196 g/mol. The van der Waals surface area contributed by atoms with Gasteiger partial charge in [0.15, 0.2) is 0 Å². The van der Waals surface area contributed by atoms with Crippen LogP contribution in [-0.4, -0.2) is 17.3 Å². The van der Waals surface area contributed by atoms with E-state index in [9.17, 15) is 13.2 Å². The summed E-state index contributed by atoms with van der Waals surface area (Å²) in [5.74, 6) is -0.331. The molecule has 5 heteroatoms. The standard InChI is InChI=1S/C6H10.C2HF3O2/c1-2-5-4-6(5)3-1;3-2(4,5)1(6)7/h5-6H,1-4H2;(H,6,7). The minimum Gasteiger partial charge on any atom is -0.475 e. The summed E-state index contributed by atoms with van der Waals surface area (Å²) < 4.78 is 31.7. The van der Waals surface area contributed by atoms with Gasteiger partial charge in [0.05, 0.1) is 0 Å². The highest BCUT2D eigenvalue weighted by atomic mass is 19.4. The van der Waals surface area contributed by atoms with Crippen LogP contribution in [0, 0.1) is 11.8 Å². The molecule has 2 fully saturated rings. The first-order valence-electron chi connectivity index (χ1n) is 4.21. The van der Waals surface area contributed by atoms with Gasteiger partial charge < -0.3 is 5.11 Å². The molecule has 0 aromatic carbocycles. The monoisotopic (exact) mass is 196 g/mol. The van der Waals surface area contributed by atoms with Crippen LogP contribution in [0.2, 0.25) is 0 Å². The number of halogens is 3. The van der Waals surface area contributed by atoms with Crippen molar-refractivity contribution in [2.75, 3.05) is 0 Å². The molecule has 2 rings (SSSR count). The van der Waals surface area contributed by atoms with Crippen LogP contribution in [0.4, 0.5) is 13.2 Å². The Morgan fingerprint density at radius 1 is 1.23 bits per heavy atom. The summed E-state index contributed by atoms with van der Waals surface area (Å²) in [4.78, 5) is 8.90. The topological polar surface area (TPSA) is 37.3 Å². The summed E-state index contributed by atoms with van der Waals surface area (Å²) in [6, 6.07) is 0. The van der Waals surface area contributed by atoms with Gasteiger partial charge in [0, 0.05) is 0 Å². The summed E-state index contributed by atoms with van der Waals surface area (Å²) in [5.41, 5.74) is 0. The normalized spacial score (nSPS) is 30.1. The minimum absolute atomic E-state index is 1.21. The molecule has 2 aliphatic rings. The summed E-state index contributed by atoms with van der Waals surface area (Å²) >= 11 is 0. The fourth-order valence-electron chi connectivity index (χ4n) is 1.66. The molecule has 2 saturated carbocycles. The molecule has 76 valence electrons. The van der Waals surface area contributed by atoms with E-state index in [4.69, 9.17) is 9.90 Å². The highest BCUT2D eigenvalue weighted by Crippen LogP contribution is 2.51. The third kappa shape index (κ3) is 3.24. The second-order valence-electron chi connectivity index (χ2n) is 3.49. The molecule has 2 atom stereocenters. The number of hydrogen-bond acceptors (Lipinski definition) is 1. The lowest BCUT2D eigenvalue weighted by atomic mass is 10.3. The summed E-state index contributed by atoms with van der Waals surface area (Å²) in [6.07, 6.45) is 1.16. The van der Waals surface area contributed by atoms with Gasteiger partial charge in [-0.25, -0.2) is 4.79 Å². The molecule has 13 heavy (non-hydrogen) atoms. The molecule has 2 aliphatic carbocycles. The highest BCUT2D eigenvalue weighted by Gasteiger charge is 2.40. The van der Waals surface area contributed by atoms with Crippen LogP contribution in [0.1, 0.15) is 25.7 Å². The Kier molecular flexibility index (Phi) is 2.83. The SMILES string of the molecule is C1CC2CC2C1.O=C(O)C(F)(F)F. The quantitative estimate of drug-likeness (QED) is 0.646. The van der Waals surface area contributed by atoms with Crippen molar-refractivity contribution in [2.45, 2.75) is 31.9 Å². The lowest BCUT2D eigenvalue weighted by Gasteiger charge is -1.93. The molecular weight excluding hydrogens is 185 g/mol. The van der Waals surface area contributed by atoms with Gasteiger partial charge in [-0.05, 0) is 18.3 Å². The van der Waals surface area contributed by atoms with Crippen molar-refractivity contribution >= 4 is 5.97 Å². The Morgan fingerprint density at radius 2 is 1.62 bits per heavy atom. The van der Waals surface area contributed by atoms with Gasteiger partial charge in [-0.2, -0.15) is 13.2 Å². The van der Waals surface area contributed by atoms with E-state index in [-0.39, 0.29) is 0 Å². The van der Waals surface area contributed by atoms with Crippen LogP contribution in [0.25, 0.3) is 0 Å². The Balaban J connectivity index is 0.000000130. The van der Waals surface area contributed by atoms with E-state index in [1.807, 2.05) is 0 Å². The zero-order valence-electron chi connectivity index (χ0n) is 6.97. The largest absolute Gasteiger partial charge is 0.490 e. The average Bonchev–Trinajstić information content (AvgIpc) is 2.59. The van der Waals surface area contributed by atoms with Crippen LogP contribution < -0.4 is 0 Å². The fourth-order valence-corrected chi connectivity index (χ4v) is 1.66. The molecule has 0 amide bonds. The number of rotatable bonds is 0. The zero-order chi connectivity index (χ0) is 10.1. The molecule has 0 heterocycles. The Morgan fingerprint density at radius 3 is 1.69 bits per heavy atom. The maximum Gasteiger partial charge on any atom is 0.490 e. The van der Waals surface area contributed by atoms with Gasteiger partial charge in [0.2, 0.25) is 0 Å². The molecule has 0 aromatic rings. The van der Waals surface area contributed by atoms with E-state index in [1.54, 1.807) is 19.3 Å². The third-order valence-corrected chi connectivity index (χ3v) is 2.46. The first-order valence-corrected chi connectivity index (χ1v) is 4.21. The fraction of sp³-hybridized carbons (Fsp3) is 0.875. The van der Waals surface area contributed by atoms with Crippen LogP contribution in [0.3, 0.4) is 0 Å². The van der Waals surface area contributed by atoms with Crippen molar-refractivity contribution in [1.82, 2.24) is 0 Å². The van der Waals surface area contributed by atoms with E-state index in [1.165, 1.54) is 18.3 Å². The summed E-state index contributed by atoms with van der Waals surface area (Å²) in [7, 11) is 0. The van der Waals surface area contributed by atoms with E-state index >= 15 is 0 Å². The molecule has 0 spiro atoms. The second-order valence-corrected chi connectivity index (χ2v) is 3.49. The second kappa shape index (κ2) is 3.55. The molecular formula is C8H11F3O2. The van der Waals surface area contributed by atoms with Crippen LogP contribution in [0.15, 0.2) is 0 Å². The van der Waals surface area contributed by atoms with Gasteiger partial charge in [-0.1, -0.05) is 19.3 Å². The first kappa shape index (κ1) is 10.3. The van der Waals surface area contributed by atoms with Crippen molar-refractivity contribution < 1.29 is 23.1 Å². The lowest BCUT2D eigenvalue weighted by molar-refractivity contribution is -0.192. The molecule has 1 N–H and O–H groups in total. The zero-order valence-corrected chi connectivity index (χ0v) is 6.97. The van der Waals surface area contributed by atoms with Gasteiger partial charge >= 0.3 is 12.1 Å². The molecule has 0 aliphatic heterocycles.